The minimum absolute atomic E-state index is 0.00631. The molecular weight excluding hydrogens is 407 g/mol. The largest absolute Gasteiger partial charge is 0.418 e. The van der Waals surface area contributed by atoms with Gasteiger partial charge >= 0.3 is 6.18 Å². The van der Waals surface area contributed by atoms with Crippen LogP contribution in [0.4, 0.5) is 18.9 Å². The molecular formula is C23H22F3N3S. The minimum atomic E-state index is -4.42. The number of fused-ring (bicyclic) bond motifs is 1. The normalized spacial score (nSPS) is 15.4. The molecule has 0 atom stereocenters. The number of hydrogen-bond donors (Lipinski definition) is 1. The molecule has 1 fully saturated rings. The summed E-state index contributed by atoms with van der Waals surface area (Å²) in [5.74, 6) is 0. The van der Waals surface area contributed by atoms with Gasteiger partial charge in [-0.3, -0.25) is 4.90 Å². The molecule has 0 unspecified atom stereocenters. The fourth-order valence-electron chi connectivity index (χ4n) is 3.81. The number of alkyl halides is 3. The Bertz CT molecular complexity index is 1040. The van der Waals surface area contributed by atoms with Gasteiger partial charge in [0.25, 0.3) is 0 Å². The molecule has 1 aliphatic heterocycles. The lowest BCUT2D eigenvalue weighted by atomic mass is 10.0. The van der Waals surface area contributed by atoms with E-state index in [4.69, 9.17) is 12.2 Å². The molecule has 0 saturated carbocycles. The maximum absolute atomic E-state index is 13.2. The molecule has 1 N–H and O–H groups in total. The summed E-state index contributed by atoms with van der Waals surface area (Å²) in [6.07, 6.45) is -4.42. The average molecular weight is 430 g/mol. The van der Waals surface area contributed by atoms with Gasteiger partial charge in [0.2, 0.25) is 0 Å². The molecule has 3 nitrogen and oxygen atoms in total. The molecule has 1 heterocycles. The number of anilines is 1. The fraction of sp³-hybridized carbons (Fsp3) is 0.261. The third kappa shape index (κ3) is 4.57. The number of halogens is 3. The summed E-state index contributed by atoms with van der Waals surface area (Å²) in [5, 5.41) is 5.60. The van der Waals surface area contributed by atoms with E-state index in [1.165, 1.54) is 28.5 Å². The zero-order chi connectivity index (χ0) is 21.1. The van der Waals surface area contributed by atoms with Crippen LogP contribution in [-0.2, 0) is 12.7 Å². The first-order valence-electron chi connectivity index (χ1n) is 9.83. The van der Waals surface area contributed by atoms with Gasteiger partial charge in [0.1, 0.15) is 0 Å². The molecule has 30 heavy (non-hydrogen) atoms. The van der Waals surface area contributed by atoms with Gasteiger partial charge in [0.05, 0.1) is 11.3 Å². The smallest absolute Gasteiger partial charge is 0.346 e. The van der Waals surface area contributed by atoms with Gasteiger partial charge in [-0.2, -0.15) is 13.2 Å². The second-order valence-electron chi connectivity index (χ2n) is 7.37. The van der Waals surface area contributed by atoms with Crippen LogP contribution >= 0.6 is 12.2 Å². The molecule has 0 aliphatic carbocycles. The molecule has 0 aromatic heterocycles. The van der Waals surface area contributed by atoms with Gasteiger partial charge in [0, 0.05) is 32.7 Å². The molecule has 3 aromatic carbocycles. The van der Waals surface area contributed by atoms with Gasteiger partial charge in [-0.05, 0) is 40.7 Å². The monoisotopic (exact) mass is 429 g/mol. The molecule has 1 saturated heterocycles. The standard InChI is InChI=1S/C23H22F3N3S/c24-23(25,26)20-10-3-4-11-21(20)27-22(30)29-14-12-28(13-15-29)16-18-8-5-7-17-6-1-2-9-19(17)18/h1-11H,12-16H2,(H,27,30). The van der Waals surface area contributed by atoms with Crippen molar-refractivity contribution in [3.05, 3.63) is 77.9 Å². The van der Waals surface area contributed by atoms with E-state index in [1.807, 2.05) is 17.0 Å². The van der Waals surface area contributed by atoms with E-state index in [1.54, 1.807) is 6.07 Å². The first-order chi connectivity index (χ1) is 14.4. The van der Waals surface area contributed by atoms with Crippen molar-refractivity contribution in [3.8, 4) is 0 Å². The Kier molecular flexibility index (Phi) is 5.92. The number of hydrogen-bond acceptors (Lipinski definition) is 2. The second-order valence-corrected chi connectivity index (χ2v) is 7.76. The average Bonchev–Trinajstić information content (AvgIpc) is 2.74. The summed E-state index contributed by atoms with van der Waals surface area (Å²) in [4.78, 5) is 4.28. The zero-order valence-electron chi connectivity index (χ0n) is 16.3. The molecule has 3 aromatic rings. The highest BCUT2D eigenvalue weighted by Crippen LogP contribution is 2.34. The SMILES string of the molecule is FC(F)(F)c1ccccc1NC(=S)N1CCN(Cc2cccc3ccccc23)CC1. The number of thiocarbonyl (C=S) groups is 1. The number of nitrogens with one attached hydrogen (secondary N) is 1. The van der Waals surface area contributed by atoms with Crippen LogP contribution in [0.25, 0.3) is 10.8 Å². The summed E-state index contributed by atoms with van der Waals surface area (Å²) in [6, 6.07) is 20.1. The van der Waals surface area contributed by atoms with Crippen molar-refractivity contribution in [2.75, 3.05) is 31.5 Å². The van der Waals surface area contributed by atoms with Crippen LogP contribution in [0.2, 0.25) is 0 Å². The van der Waals surface area contributed by atoms with Crippen LogP contribution in [-0.4, -0.2) is 41.1 Å². The summed E-state index contributed by atoms with van der Waals surface area (Å²) in [7, 11) is 0. The van der Waals surface area contributed by atoms with Crippen molar-refractivity contribution in [2.45, 2.75) is 12.7 Å². The van der Waals surface area contributed by atoms with Crippen LogP contribution in [0, 0.1) is 0 Å². The van der Waals surface area contributed by atoms with Crippen LogP contribution in [0.1, 0.15) is 11.1 Å². The Morgan fingerprint density at radius 2 is 1.53 bits per heavy atom. The van der Waals surface area contributed by atoms with Crippen molar-refractivity contribution in [3.63, 3.8) is 0 Å². The van der Waals surface area contributed by atoms with Gasteiger partial charge in [-0.25, -0.2) is 0 Å². The van der Waals surface area contributed by atoms with Crippen molar-refractivity contribution in [1.82, 2.24) is 9.80 Å². The number of rotatable bonds is 3. The Balaban J connectivity index is 1.37. The lowest BCUT2D eigenvalue weighted by Crippen LogP contribution is -2.49. The van der Waals surface area contributed by atoms with Crippen molar-refractivity contribution >= 4 is 33.8 Å². The quantitative estimate of drug-likeness (QED) is 0.564. The van der Waals surface area contributed by atoms with E-state index in [-0.39, 0.29) is 5.69 Å². The van der Waals surface area contributed by atoms with E-state index < -0.39 is 11.7 Å². The van der Waals surface area contributed by atoms with Gasteiger partial charge in [-0.15, -0.1) is 0 Å². The van der Waals surface area contributed by atoms with Crippen LogP contribution in [0.15, 0.2) is 66.7 Å². The topological polar surface area (TPSA) is 18.5 Å². The number of piperazine rings is 1. The van der Waals surface area contributed by atoms with E-state index in [0.29, 0.717) is 18.2 Å². The Morgan fingerprint density at radius 3 is 2.30 bits per heavy atom. The maximum Gasteiger partial charge on any atom is 0.418 e. The van der Waals surface area contributed by atoms with Crippen LogP contribution < -0.4 is 5.32 Å². The Labute approximate surface area is 179 Å². The highest BCUT2D eigenvalue weighted by molar-refractivity contribution is 7.80. The molecule has 0 spiro atoms. The zero-order valence-corrected chi connectivity index (χ0v) is 17.1. The van der Waals surface area contributed by atoms with E-state index >= 15 is 0 Å². The third-order valence-corrected chi connectivity index (χ3v) is 5.77. The number of nitrogens with zero attached hydrogens (tertiary/aromatic N) is 2. The van der Waals surface area contributed by atoms with Crippen molar-refractivity contribution in [1.29, 1.82) is 0 Å². The fourth-order valence-corrected chi connectivity index (χ4v) is 4.11. The predicted molar refractivity (Wildman–Crippen MR) is 118 cm³/mol. The van der Waals surface area contributed by atoms with Crippen LogP contribution in [0.5, 0.6) is 0 Å². The molecule has 0 bridgehead atoms. The predicted octanol–water partition coefficient (Wildman–Crippen LogP) is 5.37. The minimum Gasteiger partial charge on any atom is -0.346 e. The molecule has 0 radical (unpaired) electrons. The second kappa shape index (κ2) is 8.62. The highest BCUT2D eigenvalue weighted by Gasteiger charge is 2.33. The molecule has 0 amide bonds. The first-order valence-corrected chi connectivity index (χ1v) is 10.2. The van der Waals surface area contributed by atoms with Crippen molar-refractivity contribution < 1.29 is 13.2 Å². The summed E-state index contributed by atoms with van der Waals surface area (Å²) in [5.41, 5.74) is 0.566. The van der Waals surface area contributed by atoms with E-state index in [0.717, 1.165) is 25.7 Å². The van der Waals surface area contributed by atoms with Gasteiger partial charge < -0.3 is 10.2 Å². The number of para-hydroxylation sites is 1. The van der Waals surface area contributed by atoms with E-state index in [9.17, 15) is 13.2 Å². The summed E-state index contributed by atoms with van der Waals surface area (Å²) < 4.78 is 39.6. The summed E-state index contributed by atoms with van der Waals surface area (Å²) >= 11 is 5.40. The Hall–Kier alpha value is -2.64. The summed E-state index contributed by atoms with van der Waals surface area (Å²) in [6.45, 7) is 3.78. The molecule has 156 valence electrons. The van der Waals surface area contributed by atoms with E-state index in [2.05, 4.69) is 40.5 Å². The molecule has 7 heteroatoms. The first kappa shape index (κ1) is 20.6. The Morgan fingerprint density at radius 1 is 0.867 bits per heavy atom. The van der Waals surface area contributed by atoms with Gasteiger partial charge in [0.15, 0.2) is 5.11 Å². The van der Waals surface area contributed by atoms with Gasteiger partial charge in [-0.1, -0.05) is 54.6 Å². The number of benzene rings is 3. The third-order valence-electron chi connectivity index (χ3n) is 5.41. The van der Waals surface area contributed by atoms with Crippen molar-refractivity contribution in [2.24, 2.45) is 0 Å². The molecule has 4 rings (SSSR count). The van der Waals surface area contributed by atoms with Crippen LogP contribution in [0.3, 0.4) is 0 Å². The molecule has 1 aliphatic rings. The lowest BCUT2D eigenvalue weighted by Gasteiger charge is -2.36. The maximum atomic E-state index is 13.2. The lowest BCUT2D eigenvalue weighted by molar-refractivity contribution is -0.136. The highest BCUT2D eigenvalue weighted by atomic mass is 32.1.